The molecule has 2 rings (SSSR count). The van der Waals surface area contributed by atoms with Crippen LogP contribution in [0.3, 0.4) is 0 Å². The predicted octanol–water partition coefficient (Wildman–Crippen LogP) is 3.79. The minimum atomic E-state index is -1.08. The summed E-state index contributed by atoms with van der Waals surface area (Å²) in [5.41, 5.74) is 1.86. The topological polar surface area (TPSA) is 66.4 Å². The summed E-state index contributed by atoms with van der Waals surface area (Å²) in [6, 6.07) is 12.8. The van der Waals surface area contributed by atoms with Crippen molar-refractivity contribution in [1.82, 2.24) is 0 Å². The van der Waals surface area contributed by atoms with Crippen molar-refractivity contribution in [3.05, 3.63) is 64.7 Å². The van der Waals surface area contributed by atoms with Crippen LogP contribution in [0.15, 0.2) is 48.5 Å². The molecule has 0 spiro atoms. The van der Waals surface area contributed by atoms with Gasteiger partial charge in [-0.2, -0.15) is 0 Å². The highest BCUT2D eigenvalue weighted by Gasteiger charge is 2.22. The van der Waals surface area contributed by atoms with Gasteiger partial charge in [-0.15, -0.1) is 0 Å². The summed E-state index contributed by atoms with van der Waals surface area (Å²) >= 11 is 6.02. The first-order valence-electron chi connectivity index (χ1n) is 6.81. The van der Waals surface area contributed by atoms with Gasteiger partial charge in [0.2, 0.25) is 0 Å². The third kappa shape index (κ3) is 3.86. The first-order valence-corrected chi connectivity index (χ1v) is 7.19. The Bertz CT molecular complexity index is 686. The van der Waals surface area contributed by atoms with Crippen molar-refractivity contribution in [3.8, 4) is 0 Å². The summed E-state index contributed by atoms with van der Waals surface area (Å²) in [6.45, 7) is 1.79. The first kappa shape index (κ1) is 16.0. The predicted molar refractivity (Wildman–Crippen MR) is 86.6 cm³/mol. The van der Waals surface area contributed by atoms with Gasteiger partial charge >= 0.3 is 5.97 Å². The van der Waals surface area contributed by atoms with Gasteiger partial charge in [-0.25, -0.2) is 4.79 Å². The van der Waals surface area contributed by atoms with E-state index in [2.05, 4.69) is 5.32 Å². The van der Waals surface area contributed by atoms with Gasteiger partial charge in [0.05, 0.1) is 0 Å². The van der Waals surface area contributed by atoms with Crippen molar-refractivity contribution in [3.63, 3.8) is 0 Å². The van der Waals surface area contributed by atoms with Crippen molar-refractivity contribution >= 4 is 29.0 Å². The van der Waals surface area contributed by atoms with E-state index in [0.717, 1.165) is 5.56 Å². The van der Waals surface area contributed by atoms with E-state index in [0.29, 0.717) is 16.3 Å². The number of carboxylic acid groups (broad SMARTS) is 1. The number of ketones is 1. The molecule has 0 aliphatic heterocycles. The molecule has 0 amide bonds. The number of nitrogens with one attached hydrogen (secondary N) is 1. The van der Waals surface area contributed by atoms with Gasteiger partial charge in [-0.3, -0.25) is 4.79 Å². The number of hydrogen-bond acceptors (Lipinski definition) is 3. The van der Waals surface area contributed by atoms with Crippen LogP contribution in [0.5, 0.6) is 0 Å². The lowest BCUT2D eigenvalue weighted by molar-refractivity contribution is -0.137. The van der Waals surface area contributed by atoms with Crippen LogP contribution in [0.25, 0.3) is 0 Å². The Morgan fingerprint density at radius 3 is 2.45 bits per heavy atom. The molecule has 0 unspecified atom stereocenters. The fourth-order valence-electron chi connectivity index (χ4n) is 2.08. The maximum Gasteiger partial charge on any atom is 0.326 e. The van der Waals surface area contributed by atoms with E-state index in [1.54, 1.807) is 55.5 Å². The average Bonchev–Trinajstić information content (AvgIpc) is 2.51. The van der Waals surface area contributed by atoms with Crippen molar-refractivity contribution in [2.45, 2.75) is 19.4 Å². The van der Waals surface area contributed by atoms with Crippen molar-refractivity contribution < 1.29 is 14.7 Å². The molecular formula is C17H16ClNO3. The first-order chi connectivity index (χ1) is 10.5. The van der Waals surface area contributed by atoms with Crippen molar-refractivity contribution in [1.29, 1.82) is 0 Å². The van der Waals surface area contributed by atoms with Gasteiger partial charge in [0.1, 0.15) is 6.04 Å². The summed E-state index contributed by atoms with van der Waals surface area (Å²) in [5.74, 6) is -1.30. The lowest BCUT2D eigenvalue weighted by Crippen LogP contribution is -2.32. The van der Waals surface area contributed by atoms with Crippen LogP contribution in [0.1, 0.15) is 22.3 Å². The number of carbonyl (C=O) groups excluding carboxylic acids is 1. The molecule has 0 saturated carbocycles. The Balaban J connectivity index is 2.16. The lowest BCUT2D eigenvalue weighted by atomic mass is 10.0. The van der Waals surface area contributed by atoms with Gasteiger partial charge in [-0.05, 0) is 24.6 Å². The zero-order valence-corrected chi connectivity index (χ0v) is 12.8. The maximum atomic E-state index is 12.2. The van der Waals surface area contributed by atoms with Gasteiger partial charge < -0.3 is 10.4 Å². The third-order valence-electron chi connectivity index (χ3n) is 3.38. The number of carboxylic acids is 1. The summed E-state index contributed by atoms with van der Waals surface area (Å²) in [6.07, 6.45) is -0.134. The van der Waals surface area contributed by atoms with Crippen LogP contribution < -0.4 is 5.32 Å². The Kier molecular flexibility index (Phi) is 5.17. The zero-order chi connectivity index (χ0) is 16.1. The van der Waals surface area contributed by atoms with Gasteiger partial charge in [0.15, 0.2) is 5.78 Å². The molecule has 0 aliphatic carbocycles. The summed E-state index contributed by atoms with van der Waals surface area (Å²) in [4.78, 5) is 23.6. The summed E-state index contributed by atoms with van der Waals surface area (Å²) in [5, 5.41) is 12.8. The molecule has 0 aliphatic rings. The number of hydrogen-bond donors (Lipinski definition) is 2. The molecule has 2 aromatic carbocycles. The minimum absolute atomic E-state index is 0.134. The molecule has 2 aromatic rings. The minimum Gasteiger partial charge on any atom is -0.480 e. The van der Waals surface area contributed by atoms with Crippen LogP contribution >= 0.6 is 11.6 Å². The second-order valence-corrected chi connectivity index (χ2v) is 5.35. The molecule has 1 atom stereocenters. The number of carbonyl (C=O) groups is 2. The average molecular weight is 318 g/mol. The molecule has 0 aromatic heterocycles. The van der Waals surface area contributed by atoms with E-state index in [9.17, 15) is 14.7 Å². The largest absolute Gasteiger partial charge is 0.480 e. The van der Waals surface area contributed by atoms with E-state index in [-0.39, 0.29) is 12.2 Å². The summed E-state index contributed by atoms with van der Waals surface area (Å²) < 4.78 is 0. The van der Waals surface area contributed by atoms with Crippen molar-refractivity contribution in [2.75, 3.05) is 5.32 Å². The second kappa shape index (κ2) is 7.09. The van der Waals surface area contributed by atoms with Crippen LogP contribution in [0.4, 0.5) is 5.69 Å². The monoisotopic (exact) mass is 317 g/mol. The second-order valence-electron chi connectivity index (χ2n) is 4.94. The van der Waals surface area contributed by atoms with Crippen LogP contribution in [-0.2, 0) is 4.79 Å². The van der Waals surface area contributed by atoms with Gasteiger partial charge in [0, 0.05) is 22.7 Å². The molecule has 0 saturated heterocycles. The van der Waals surface area contributed by atoms with Crippen LogP contribution in [0.2, 0.25) is 5.02 Å². The molecule has 4 nitrogen and oxygen atoms in total. The van der Waals surface area contributed by atoms with Crippen LogP contribution in [0, 0.1) is 6.92 Å². The molecule has 5 heteroatoms. The fraction of sp³-hybridized carbons (Fsp3) is 0.176. The number of Topliss-reactive ketones (excluding diaryl/α,β-unsaturated/α-hetero) is 1. The molecule has 0 bridgehead atoms. The van der Waals surface area contributed by atoms with Gasteiger partial charge in [0.25, 0.3) is 0 Å². The third-order valence-corrected chi connectivity index (χ3v) is 3.79. The standard InChI is InChI=1S/C17H16ClNO3/c1-11-13(18)8-5-9-14(11)19-15(17(21)22)10-16(20)12-6-3-2-4-7-12/h2-9,15,19H,10H2,1H3,(H,21,22)/t15-/m0/s1. The Hall–Kier alpha value is -2.33. The highest BCUT2D eigenvalue weighted by Crippen LogP contribution is 2.24. The molecule has 2 N–H and O–H groups in total. The maximum absolute atomic E-state index is 12.2. The normalized spacial score (nSPS) is 11.7. The SMILES string of the molecule is Cc1c(Cl)cccc1N[C@@H](CC(=O)c1ccccc1)C(=O)O. The molecule has 0 heterocycles. The fourth-order valence-corrected chi connectivity index (χ4v) is 2.25. The smallest absolute Gasteiger partial charge is 0.326 e. The molecular weight excluding hydrogens is 302 g/mol. The number of anilines is 1. The number of rotatable bonds is 6. The van der Waals surface area contributed by atoms with Crippen LogP contribution in [-0.4, -0.2) is 22.9 Å². The quantitative estimate of drug-likeness (QED) is 0.796. The Morgan fingerprint density at radius 1 is 1.14 bits per heavy atom. The van der Waals surface area contributed by atoms with Crippen molar-refractivity contribution in [2.24, 2.45) is 0 Å². The number of aliphatic carboxylic acids is 1. The molecule has 0 fully saturated rings. The Morgan fingerprint density at radius 2 is 1.82 bits per heavy atom. The molecule has 114 valence electrons. The molecule has 22 heavy (non-hydrogen) atoms. The summed E-state index contributed by atoms with van der Waals surface area (Å²) in [7, 11) is 0. The van der Waals surface area contributed by atoms with E-state index >= 15 is 0 Å². The molecule has 0 radical (unpaired) electrons. The highest BCUT2D eigenvalue weighted by atomic mass is 35.5. The van der Waals surface area contributed by atoms with E-state index < -0.39 is 12.0 Å². The van der Waals surface area contributed by atoms with E-state index in [1.165, 1.54) is 0 Å². The van der Waals surface area contributed by atoms with E-state index in [4.69, 9.17) is 11.6 Å². The van der Waals surface area contributed by atoms with E-state index in [1.807, 2.05) is 0 Å². The Labute approximate surface area is 133 Å². The highest BCUT2D eigenvalue weighted by molar-refractivity contribution is 6.31. The number of benzene rings is 2. The zero-order valence-electron chi connectivity index (χ0n) is 12.0. The van der Waals surface area contributed by atoms with Gasteiger partial charge in [-0.1, -0.05) is 48.0 Å². The number of halogens is 1. The lowest BCUT2D eigenvalue weighted by Gasteiger charge is -2.17.